The SMILES string of the molecule is N#CCc1nc2cc(F)ccc2n1Cc1ccc(F)cc1. The molecule has 0 bridgehead atoms. The minimum absolute atomic E-state index is 0.136. The van der Waals surface area contributed by atoms with Crippen LogP contribution in [0, 0.1) is 23.0 Å². The van der Waals surface area contributed by atoms with Gasteiger partial charge in [-0.3, -0.25) is 0 Å². The third kappa shape index (κ3) is 2.61. The number of hydrogen-bond donors (Lipinski definition) is 0. The van der Waals surface area contributed by atoms with Crippen molar-refractivity contribution in [3.8, 4) is 6.07 Å². The van der Waals surface area contributed by atoms with Crippen LogP contribution in [0.5, 0.6) is 0 Å². The molecule has 0 saturated heterocycles. The van der Waals surface area contributed by atoms with Crippen LogP contribution in [-0.4, -0.2) is 9.55 Å². The van der Waals surface area contributed by atoms with Crippen molar-refractivity contribution in [2.24, 2.45) is 0 Å². The van der Waals surface area contributed by atoms with Crippen LogP contribution >= 0.6 is 0 Å². The summed E-state index contributed by atoms with van der Waals surface area (Å²) in [5.74, 6) is -0.0894. The molecule has 0 atom stereocenters. The lowest BCUT2D eigenvalue weighted by Crippen LogP contribution is -2.04. The molecule has 5 heteroatoms. The van der Waals surface area contributed by atoms with Crippen LogP contribution < -0.4 is 0 Å². The summed E-state index contributed by atoms with van der Waals surface area (Å²) in [6.45, 7) is 0.458. The van der Waals surface area contributed by atoms with E-state index in [0.29, 0.717) is 17.9 Å². The van der Waals surface area contributed by atoms with Gasteiger partial charge in [-0.1, -0.05) is 12.1 Å². The summed E-state index contributed by atoms with van der Waals surface area (Å²) >= 11 is 0. The summed E-state index contributed by atoms with van der Waals surface area (Å²) in [7, 11) is 0. The number of fused-ring (bicyclic) bond motifs is 1. The summed E-state index contributed by atoms with van der Waals surface area (Å²) in [4.78, 5) is 4.30. The number of halogens is 2. The lowest BCUT2D eigenvalue weighted by atomic mass is 10.2. The van der Waals surface area contributed by atoms with E-state index in [1.807, 2.05) is 4.57 Å². The largest absolute Gasteiger partial charge is 0.323 e. The molecule has 0 aliphatic carbocycles. The molecule has 0 aliphatic rings. The summed E-state index contributed by atoms with van der Waals surface area (Å²) in [5, 5.41) is 8.90. The molecule has 3 nitrogen and oxygen atoms in total. The van der Waals surface area contributed by atoms with E-state index in [1.165, 1.54) is 24.3 Å². The number of hydrogen-bond acceptors (Lipinski definition) is 2. The average Bonchev–Trinajstić information content (AvgIpc) is 2.79. The molecule has 1 heterocycles. The van der Waals surface area contributed by atoms with Crippen LogP contribution in [0.25, 0.3) is 11.0 Å². The Morgan fingerprint density at radius 1 is 1.05 bits per heavy atom. The van der Waals surface area contributed by atoms with E-state index in [-0.39, 0.29) is 18.1 Å². The van der Waals surface area contributed by atoms with Crippen LogP contribution in [-0.2, 0) is 13.0 Å². The Morgan fingerprint density at radius 2 is 1.76 bits per heavy atom. The molecule has 104 valence electrons. The fraction of sp³-hybridized carbons (Fsp3) is 0.125. The second-order valence-corrected chi connectivity index (χ2v) is 4.71. The van der Waals surface area contributed by atoms with Crippen LogP contribution in [0.3, 0.4) is 0 Å². The fourth-order valence-electron chi connectivity index (χ4n) is 2.31. The van der Waals surface area contributed by atoms with E-state index in [9.17, 15) is 8.78 Å². The zero-order valence-corrected chi connectivity index (χ0v) is 11.1. The Labute approximate surface area is 120 Å². The van der Waals surface area contributed by atoms with Gasteiger partial charge in [0.1, 0.15) is 17.5 Å². The molecular weight excluding hydrogens is 272 g/mol. The van der Waals surface area contributed by atoms with Gasteiger partial charge in [-0.25, -0.2) is 13.8 Å². The van der Waals surface area contributed by atoms with Gasteiger partial charge < -0.3 is 4.57 Å². The number of imidazole rings is 1. The van der Waals surface area contributed by atoms with Gasteiger partial charge in [0, 0.05) is 12.6 Å². The zero-order valence-electron chi connectivity index (χ0n) is 11.1. The van der Waals surface area contributed by atoms with Crippen molar-refractivity contribution in [3.05, 3.63) is 65.5 Å². The number of nitrogens with zero attached hydrogens (tertiary/aromatic N) is 3. The molecule has 3 aromatic rings. The second kappa shape index (κ2) is 5.33. The molecule has 1 aromatic heterocycles. The normalized spacial score (nSPS) is 10.7. The quantitative estimate of drug-likeness (QED) is 0.739. The molecule has 0 N–H and O–H groups in total. The van der Waals surface area contributed by atoms with Crippen molar-refractivity contribution in [2.75, 3.05) is 0 Å². The minimum atomic E-state index is -0.363. The highest BCUT2D eigenvalue weighted by Crippen LogP contribution is 2.19. The predicted octanol–water partition coefficient (Wildman–Crippen LogP) is 3.43. The summed E-state index contributed by atoms with van der Waals surface area (Å²) in [5.41, 5.74) is 2.16. The second-order valence-electron chi connectivity index (χ2n) is 4.71. The molecule has 0 fully saturated rings. The Bertz CT molecular complexity index is 829. The Balaban J connectivity index is 2.08. The molecule has 0 amide bonds. The Hall–Kier alpha value is -2.74. The molecule has 0 spiro atoms. The van der Waals surface area contributed by atoms with Gasteiger partial charge in [-0.2, -0.15) is 5.26 Å². The van der Waals surface area contributed by atoms with E-state index in [0.717, 1.165) is 11.1 Å². The van der Waals surface area contributed by atoms with E-state index >= 15 is 0 Å². The van der Waals surface area contributed by atoms with Gasteiger partial charge in [-0.15, -0.1) is 0 Å². The van der Waals surface area contributed by atoms with Crippen molar-refractivity contribution >= 4 is 11.0 Å². The number of rotatable bonds is 3. The highest BCUT2D eigenvalue weighted by molar-refractivity contribution is 5.76. The number of aromatic nitrogens is 2. The van der Waals surface area contributed by atoms with Gasteiger partial charge in [0.15, 0.2) is 0 Å². The number of nitriles is 1. The van der Waals surface area contributed by atoms with E-state index in [4.69, 9.17) is 5.26 Å². The molecule has 0 unspecified atom stereocenters. The maximum atomic E-state index is 13.3. The maximum absolute atomic E-state index is 13.3. The van der Waals surface area contributed by atoms with Crippen molar-refractivity contribution < 1.29 is 8.78 Å². The van der Waals surface area contributed by atoms with Crippen LogP contribution in [0.1, 0.15) is 11.4 Å². The molecule has 0 saturated carbocycles. The molecule has 21 heavy (non-hydrogen) atoms. The van der Waals surface area contributed by atoms with Crippen LogP contribution in [0.15, 0.2) is 42.5 Å². The topological polar surface area (TPSA) is 41.6 Å². The van der Waals surface area contributed by atoms with Gasteiger partial charge in [-0.05, 0) is 29.8 Å². The van der Waals surface area contributed by atoms with Gasteiger partial charge in [0.25, 0.3) is 0 Å². The average molecular weight is 283 g/mol. The van der Waals surface area contributed by atoms with Gasteiger partial charge in [0.2, 0.25) is 0 Å². The Morgan fingerprint density at radius 3 is 2.48 bits per heavy atom. The molecule has 2 aromatic carbocycles. The molecular formula is C16H11F2N3. The lowest BCUT2D eigenvalue weighted by Gasteiger charge is -2.07. The van der Waals surface area contributed by atoms with E-state index in [1.54, 1.807) is 18.2 Å². The first-order valence-corrected chi connectivity index (χ1v) is 6.43. The highest BCUT2D eigenvalue weighted by atomic mass is 19.1. The third-order valence-electron chi connectivity index (χ3n) is 3.28. The lowest BCUT2D eigenvalue weighted by molar-refractivity contribution is 0.626. The summed E-state index contributed by atoms with van der Waals surface area (Å²) in [6.07, 6.45) is 0.136. The molecule has 0 radical (unpaired) electrons. The van der Waals surface area contributed by atoms with Gasteiger partial charge >= 0.3 is 0 Å². The predicted molar refractivity (Wildman–Crippen MR) is 74.5 cm³/mol. The molecule has 0 aliphatic heterocycles. The van der Waals surface area contributed by atoms with E-state index in [2.05, 4.69) is 11.1 Å². The molecule has 3 rings (SSSR count). The van der Waals surface area contributed by atoms with Crippen molar-refractivity contribution in [2.45, 2.75) is 13.0 Å². The van der Waals surface area contributed by atoms with Crippen molar-refractivity contribution in [1.29, 1.82) is 5.26 Å². The minimum Gasteiger partial charge on any atom is -0.323 e. The summed E-state index contributed by atoms with van der Waals surface area (Å²) < 4.78 is 28.1. The first-order chi connectivity index (χ1) is 10.2. The highest BCUT2D eigenvalue weighted by Gasteiger charge is 2.11. The van der Waals surface area contributed by atoms with Crippen LogP contribution in [0.4, 0.5) is 8.78 Å². The summed E-state index contributed by atoms with van der Waals surface area (Å²) in [6, 6.07) is 12.5. The maximum Gasteiger partial charge on any atom is 0.125 e. The van der Waals surface area contributed by atoms with Gasteiger partial charge in [0.05, 0.1) is 23.5 Å². The first-order valence-electron chi connectivity index (χ1n) is 6.43. The fourth-order valence-corrected chi connectivity index (χ4v) is 2.31. The Kier molecular flexibility index (Phi) is 3.36. The monoisotopic (exact) mass is 283 g/mol. The van der Waals surface area contributed by atoms with Crippen molar-refractivity contribution in [3.63, 3.8) is 0 Å². The van der Waals surface area contributed by atoms with Crippen LogP contribution in [0.2, 0.25) is 0 Å². The smallest absolute Gasteiger partial charge is 0.125 e. The number of benzene rings is 2. The van der Waals surface area contributed by atoms with E-state index < -0.39 is 0 Å². The third-order valence-corrected chi connectivity index (χ3v) is 3.28. The first kappa shape index (κ1) is 13.3. The van der Waals surface area contributed by atoms with Crippen molar-refractivity contribution in [1.82, 2.24) is 9.55 Å². The zero-order chi connectivity index (χ0) is 14.8. The standard InChI is InChI=1S/C16H11F2N3/c17-12-3-1-11(2-4-12)10-21-15-6-5-13(18)9-14(15)20-16(21)7-8-19/h1-6,9H,7,10H2.